The predicted molar refractivity (Wildman–Crippen MR) is 93.2 cm³/mol. The van der Waals surface area contributed by atoms with Crippen molar-refractivity contribution in [1.82, 2.24) is 0 Å². The maximum absolute atomic E-state index is 13.9. The van der Waals surface area contributed by atoms with E-state index in [2.05, 4.69) is 10.1 Å². The van der Waals surface area contributed by atoms with Gasteiger partial charge in [0.1, 0.15) is 11.6 Å². The SMILES string of the molecule is COC(=O)c1cccc(NC(=O)C2CC(=O)N(c3ccc(F)cc3F)C2)c1. The molecule has 0 bridgehead atoms. The Morgan fingerprint density at radius 2 is 1.96 bits per heavy atom. The first-order valence-corrected chi connectivity index (χ1v) is 8.13. The summed E-state index contributed by atoms with van der Waals surface area (Å²) in [4.78, 5) is 37.3. The minimum absolute atomic E-state index is 0.0239. The van der Waals surface area contributed by atoms with E-state index in [0.29, 0.717) is 11.8 Å². The van der Waals surface area contributed by atoms with E-state index in [1.807, 2.05) is 0 Å². The number of carbonyl (C=O) groups is 3. The van der Waals surface area contributed by atoms with E-state index in [9.17, 15) is 23.2 Å². The molecular weight excluding hydrogens is 358 g/mol. The molecule has 0 aliphatic carbocycles. The second-order valence-electron chi connectivity index (χ2n) is 6.06. The Balaban J connectivity index is 1.72. The van der Waals surface area contributed by atoms with Gasteiger partial charge >= 0.3 is 5.97 Å². The lowest BCUT2D eigenvalue weighted by Crippen LogP contribution is -2.28. The van der Waals surface area contributed by atoms with E-state index in [0.717, 1.165) is 11.0 Å². The fourth-order valence-electron chi connectivity index (χ4n) is 2.90. The number of halogens is 2. The molecule has 2 aromatic carbocycles. The van der Waals surface area contributed by atoms with Gasteiger partial charge in [0.2, 0.25) is 11.8 Å². The summed E-state index contributed by atoms with van der Waals surface area (Å²) in [5.41, 5.74) is 0.582. The van der Waals surface area contributed by atoms with Gasteiger partial charge in [0, 0.05) is 24.7 Å². The van der Waals surface area contributed by atoms with Gasteiger partial charge in [0.05, 0.1) is 24.3 Å². The van der Waals surface area contributed by atoms with Crippen molar-refractivity contribution in [3.63, 3.8) is 0 Å². The van der Waals surface area contributed by atoms with Gasteiger partial charge in [-0.3, -0.25) is 9.59 Å². The zero-order valence-corrected chi connectivity index (χ0v) is 14.4. The van der Waals surface area contributed by atoms with Crippen LogP contribution in [0.2, 0.25) is 0 Å². The minimum Gasteiger partial charge on any atom is -0.465 e. The first-order chi connectivity index (χ1) is 12.9. The van der Waals surface area contributed by atoms with Crippen molar-refractivity contribution in [2.45, 2.75) is 6.42 Å². The average Bonchev–Trinajstić information content (AvgIpc) is 3.03. The monoisotopic (exact) mass is 374 g/mol. The highest BCUT2D eigenvalue weighted by atomic mass is 19.1. The molecule has 2 aromatic rings. The molecule has 0 aromatic heterocycles. The van der Waals surface area contributed by atoms with E-state index >= 15 is 0 Å². The molecule has 1 saturated heterocycles. The van der Waals surface area contributed by atoms with Crippen molar-refractivity contribution in [1.29, 1.82) is 0 Å². The number of rotatable bonds is 4. The summed E-state index contributed by atoms with van der Waals surface area (Å²) in [6.45, 7) is -0.0239. The lowest BCUT2D eigenvalue weighted by Gasteiger charge is -2.17. The largest absolute Gasteiger partial charge is 0.465 e. The van der Waals surface area contributed by atoms with Crippen molar-refractivity contribution < 1.29 is 27.9 Å². The Hall–Kier alpha value is -3.29. The molecule has 0 radical (unpaired) electrons. The summed E-state index contributed by atoms with van der Waals surface area (Å²) in [7, 11) is 1.25. The van der Waals surface area contributed by atoms with E-state index in [1.165, 1.54) is 19.2 Å². The molecule has 0 saturated carbocycles. The van der Waals surface area contributed by atoms with Crippen molar-refractivity contribution in [2.75, 3.05) is 23.9 Å². The van der Waals surface area contributed by atoms with Gasteiger partial charge in [0.15, 0.2) is 0 Å². The van der Waals surface area contributed by atoms with E-state index in [-0.39, 0.29) is 24.2 Å². The lowest BCUT2D eigenvalue weighted by molar-refractivity contribution is -0.122. The van der Waals surface area contributed by atoms with Crippen LogP contribution in [-0.2, 0) is 14.3 Å². The standard InChI is InChI=1S/C19H16F2N2O4/c1-27-19(26)11-3-2-4-14(7-11)22-18(25)12-8-17(24)23(10-12)16-6-5-13(20)9-15(16)21/h2-7,9,12H,8,10H2,1H3,(H,22,25). The third kappa shape index (κ3) is 3.94. The molecule has 1 heterocycles. The molecule has 1 unspecified atom stereocenters. The molecule has 0 spiro atoms. The molecule has 1 N–H and O–H groups in total. The smallest absolute Gasteiger partial charge is 0.337 e. The van der Waals surface area contributed by atoms with E-state index in [4.69, 9.17) is 0 Å². The summed E-state index contributed by atoms with van der Waals surface area (Å²) in [5.74, 6) is -3.72. The summed E-state index contributed by atoms with van der Waals surface area (Å²) in [6, 6.07) is 9.09. The van der Waals surface area contributed by atoms with Crippen LogP contribution in [0.4, 0.5) is 20.2 Å². The van der Waals surface area contributed by atoms with Crippen LogP contribution in [-0.4, -0.2) is 31.4 Å². The number of nitrogens with zero attached hydrogens (tertiary/aromatic N) is 1. The van der Waals surface area contributed by atoms with Crippen LogP contribution in [0.3, 0.4) is 0 Å². The lowest BCUT2D eigenvalue weighted by atomic mass is 10.1. The van der Waals surface area contributed by atoms with Crippen molar-refractivity contribution in [3.8, 4) is 0 Å². The van der Waals surface area contributed by atoms with E-state index < -0.39 is 35.3 Å². The fraction of sp³-hybridized carbons (Fsp3) is 0.211. The molecule has 1 atom stereocenters. The second kappa shape index (κ2) is 7.53. The molecule has 1 aliphatic heterocycles. The number of hydrogen-bond acceptors (Lipinski definition) is 4. The molecule has 2 amide bonds. The predicted octanol–water partition coefficient (Wildman–Crippen LogP) is 2.74. The Bertz CT molecular complexity index is 916. The van der Waals surface area contributed by atoms with Crippen LogP contribution in [0.25, 0.3) is 0 Å². The summed E-state index contributed by atoms with van der Waals surface area (Å²) >= 11 is 0. The van der Waals surface area contributed by atoms with Gasteiger partial charge in [0.25, 0.3) is 0 Å². The summed E-state index contributed by atoms with van der Waals surface area (Å²) in [5, 5.41) is 2.64. The fourth-order valence-corrected chi connectivity index (χ4v) is 2.90. The van der Waals surface area contributed by atoms with Crippen LogP contribution < -0.4 is 10.2 Å². The quantitative estimate of drug-likeness (QED) is 0.835. The molecule has 27 heavy (non-hydrogen) atoms. The highest BCUT2D eigenvalue weighted by molar-refractivity contribution is 6.04. The minimum atomic E-state index is -0.866. The third-order valence-electron chi connectivity index (χ3n) is 4.25. The molecule has 6 nitrogen and oxygen atoms in total. The number of hydrogen-bond donors (Lipinski definition) is 1. The van der Waals surface area contributed by atoms with Gasteiger partial charge in [-0.15, -0.1) is 0 Å². The third-order valence-corrected chi connectivity index (χ3v) is 4.25. The number of carbonyl (C=O) groups excluding carboxylic acids is 3. The number of amides is 2. The number of ether oxygens (including phenoxy) is 1. The molecule has 8 heteroatoms. The number of nitrogens with one attached hydrogen (secondary N) is 1. The van der Waals surface area contributed by atoms with Gasteiger partial charge in [-0.05, 0) is 30.3 Å². The Labute approximate surface area is 153 Å². The number of esters is 1. The maximum atomic E-state index is 13.9. The van der Waals surface area contributed by atoms with Crippen molar-refractivity contribution in [3.05, 3.63) is 59.7 Å². The normalized spacial score (nSPS) is 16.3. The Kier molecular flexibility index (Phi) is 5.16. The molecule has 140 valence electrons. The Morgan fingerprint density at radius 1 is 1.19 bits per heavy atom. The van der Waals surface area contributed by atoms with Crippen LogP contribution in [0.5, 0.6) is 0 Å². The maximum Gasteiger partial charge on any atom is 0.337 e. The molecule has 1 aliphatic rings. The van der Waals surface area contributed by atoms with Gasteiger partial charge in [-0.2, -0.15) is 0 Å². The van der Waals surface area contributed by atoms with Crippen molar-refractivity contribution >= 4 is 29.2 Å². The number of benzene rings is 2. The first-order valence-electron chi connectivity index (χ1n) is 8.13. The number of anilines is 2. The second-order valence-corrected chi connectivity index (χ2v) is 6.06. The zero-order chi connectivity index (χ0) is 19.6. The summed E-state index contributed by atoms with van der Waals surface area (Å²) in [6.07, 6.45) is -0.0979. The number of methoxy groups -OCH3 is 1. The molecular formula is C19H16F2N2O4. The van der Waals surface area contributed by atoms with Gasteiger partial charge in [-0.25, -0.2) is 13.6 Å². The topological polar surface area (TPSA) is 75.7 Å². The highest BCUT2D eigenvalue weighted by Gasteiger charge is 2.36. The first kappa shape index (κ1) is 18.5. The average molecular weight is 374 g/mol. The van der Waals surface area contributed by atoms with Crippen LogP contribution in [0, 0.1) is 17.6 Å². The zero-order valence-electron chi connectivity index (χ0n) is 14.4. The summed E-state index contributed by atoms with van der Waals surface area (Å²) < 4.78 is 31.6. The van der Waals surface area contributed by atoms with Crippen LogP contribution >= 0.6 is 0 Å². The van der Waals surface area contributed by atoms with Gasteiger partial charge in [-0.1, -0.05) is 6.07 Å². The molecule has 3 rings (SSSR count). The van der Waals surface area contributed by atoms with Crippen LogP contribution in [0.1, 0.15) is 16.8 Å². The van der Waals surface area contributed by atoms with Gasteiger partial charge < -0.3 is 15.0 Å². The van der Waals surface area contributed by atoms with Crippen molar-refractivity contribution in [2.24, 2.45) is 5.92 Å². The van der Waals surface area contributed by atoms with E-state index in [1.54, 1.807) is 18.2 Å². The van der Waals surface area contributed by atoms with Crippen LogP contribution in [0.15, 0.2) is 42.5 Å². The molecule has 1 fully saturated rings. The Morgan fingerprint density at radius 3 is 2.67 bits per heavy atom. The highest BCUT2D eigenvalue weighted by Crippen LogP contribution is 2.28.